The van der Waals surface area contributed by atoms with Crippen LogP contribution in [0.1, 0.15) is 23.4 Å². The van der Waals surface area contributed by atoms with Crippen molar-refractivity contribution in [1.82, 2.24) is 9.62 Å². The average Bonchev–Trinajstić information content (AvgIpc) is 2.90. The van der Waals surface area contributed by atoms with Gasteiger partial charge in [0.2, 0.25) is 10.0 Å². The lowest BCUT2D eigenvalue weighted by molar-refractivity contribution is 0.469. The predicted molar refractivity (Wildman–Crippen MR) is 115 cm³/mol. The molecular weight excluding hydrogens is 425 g/mol. The molecule has 1 aliphatic heterocycles. The molecule has 3 rings (SSSR count). The van der Waals surface area contributed by atoms with Crippen molar-refractivity contribution in [3.05, 3.63) is 70.1 Å². The molecule has 0 bridgehead atoms. The van der Waals surface area contributed by atoms with E-state index in [2.05, 4.69) is 4.72 Å². The maximum atomic E-state index is 12.4. The van der Waals surface area contributed by atoms with E-state index in [1.807, 2.05) is 47.7 Å². The van der Waals surface area contributed by atoms with Gasteiger partial charge in [-0.1, -0.05) is 65.6 Å². The first-order valence-corrected chi connectivity index (χ1v) is 11.3. The number of sulfonamides is 1. The number of hydrogen-bond acceptors (Lipinski definition) is 4. The second-order valence-electron chi connectivity index (χ2n) is 5.90. The molecule has 1 heterocycles. The molecule has 2 N–H and O–H groups in total. The molecule has 27 heavy (non-hydrogen) atoms. The number of benzene rings is 2. The largest absolute Gasteiger partial charge is 0.357 e. The van der Waals surface area contributed by atoms with Crippen LogP contribution < -0.4 is 4.72 Å². The molecule has 0 spiro atoms. The molecular formula is C18H21Cl2N3O2S2. The molecule has 2 atom stereocenters. The molecule has 0 aromatic heterocycles. The normalized spacial score (nSPS) is 19.5. The minimum Gasteiger partial charge on any atom is -0.357 e. The summed E-state index contributed by atoms with van der Waals surface area (Å²) in [5.74, 6) is 0. The zero-order chi connectivity index (χ0) is 18.9. The summed E-state index contributed by atoms with van der Waals surface area (Å²) in [6.45, 7) is 2.01. The lowest BCUT2D eigenvalue weighted by atomic mass is 10.1. The van der Waals surface area contributed by atoms with Crippen molar-refractivity contribution < 1.29 is 8.42 Å². The molecule has 1 aliphatic rings. The standard InChI is InChI=1S/C18H20ClN3O2S2.ClH/c1-3-21-26(23,24)17-11-14(9-10-15(17)19)16-12-25(20)18(22(16)2)13-7-5-4-6-8-13;/h4-12,18,20-21H,3H2,1-2H3;1H. The van der Waals surface area contributed by atoms with Gasteiger partial charge in [0.15, 0.2) is 0 Å². The van der Waals surface area contributed by atoms with E-state index in [1.165, 1.54) is 0 Å². The molecule has 2 aromatic carbocycles. The number of hydrogen-bond donors (Lipinski definition) is 2. The van der Waals surface area contributed by atoms with Crippen LogP contribution in [0.3, 0.4) is 0 Å². The van der Waals surface area contributed by atoms with Gasteiger partial charge in [-0.3, -0.25) is 4.78 Å². The maximum Gasteiger partial charge on any atom is 0.242 e. The summed E-state index contributed by atoms with van der Waals surface area (Å²) in [6.07, 6.45) is 0. The van der Waals surface area contributed by atoms with E-state index in [0.29, 0.717) is 0 Å². The monoisotopic (exact) mass is 445 g/mol. The van der Waals surface area contributed by atoms with Gasteiger partial charge in [0.1, 0.15) is 10.3 Å². The van der Waals surface area contributed by atoms with Crippen LogP contribution in [0, 0.1) is 4.78 Å². The van der Waals surface area contributed by atoms with E-state index >= 15 is 0 Å². The highest BCUT2D eigenvalue weighted by Crippen LogP contribution is 2.39. The summed E-state index contributed by atoms with van der Waals surface area (Å²) in [6, 6.07) is 14.8. The van der Waals surface area contributed by atoms with Gasteiger partial charge in [-0.15, -0.1) is 12.4 Å². The van der Waals surface area contributed by atoms with Crippen molar-refractivity contribution in [2.75, 3.05) is 13.6 Å². The minimum atomic E-state index is -3.66. The van der Waals surface area contributed by atoms with Gasteiger partial charge in [0, 0.05) is 19.0 Å². The van der Waals surface area contributed by atoms with Crippen LogP contribution in [0.2, 0.25) is 5.02 Å². The summed E-state index contributed by atoms with van der Waals surface area (Å²) in [5.41, 5.74) is 2.63. The average molecular weight is 446 g/mol. The molecule has 5 nitrogen and oxygen atoms in total. The SMILES string of the molecule is CCNS(=O)(=O)c1cc(C2=CS(=N)C(c3ccccc3)N2C)ccc1Cl.Cl. The smallest absolute Gasteiger partial charge is 0.242 e. The van der Waals surface area contributed by atoms with E-state index in [4.69, 9.17) is 16.4 Å². The molecule has 0 aliphatic carbocycles. The fourth-order valence-corrected chi connectivity index (χ4v) is 6.10. The Morgan fingerprint density at radius 3 is 2.52 bits per heavy atom. The lowest BCUT2D eigenvalue weighted by Crippen LogP contribution is -2.24. The van der Waals surface area contributed by atoms with Crippen LogP contribution in [-0.2, 0) is 20.7 Å². The highest BCUT2D eigenvalue weighted by molar-refractivity contribution is 7.90. The van der Waals surface area contributed by atoms with E-state index in [9.17, 15) is 8.42 Å². The fourth-order valence-electron chi connectivity index (χ4n) is 2.96. The van der Waals surface area contributed by atoms with Gasteiger partial charge >= 0.3 is 0 Å². The molecule has 0 fully saturated rings. The van der Waals surface area contributed by atoms with Gasteiger partial charge in [-0.25, -0.2) is 13.1 Å². The second kappa shape index (κ2) is 8.75. The zero-order valence-electron chi connectivity index (χ0n) is 14.8. The third-order valence-corrected chi connectivity index (χ3v) is 7.72. The zero-order valence-corrected chi connectivity index (χ0v) is 18.1. The van der Waals surface area contributed by atoms with Crippen molar-refractivity contribution in [2.45, 2.75) is 17.2 Å². The van der Waals surface area contributed by atoms with Crippen molar-refractivity contribution >= 4 is 50.4 Å². The highest BCUT2D eigenvalue weighted by atomic mass is 35.5. The summed E-state index contributed by atoms with van der Waals surface area (Å²) in [7, 11) is -2.48. The third kappa shape index (κ3) is 4.38. The van der Waals surface area contributed by atoms with Gasteiger partial charge < -0.3 is 4.90 Å². The Kier molecular flexibility index (Phi) is 7.10. The Morgan fingerprint density at radius 2 is 1.89 bits per heavy atom. The first-order chi connectivity index (χ1) is 12.3. The predicted octanol–water partition coefficient (Wildman–Crippen LogP) is 4.38. The van der Waals surface area contributed by atoms with Crippen LogP contribution in [0.4, 0.5) is 0 Å². The molecule has 0 radical (unpaired) electrons. The first-order valence-electron chi connectivity index (χ1n) is 8.07. The molecule has 146 valence electrons. The van der Waals surface area contributed by atoms with Gasteiger partial charge in [0.05, 0.1) is 10.7 Å². The van der Waals surface area contributed by atoms with Crippen molar-refractivity contribution in [2.24, 2.45) is 0 Å². The maximum absolute atomic E-state index is 12.4. The summed E-state index contributed by atoms with van der Waals surface area (Å²) in [5, 5.41) is 1.97. The molecule has 2 unspecified atom stereocenters. The molecule has 2 aromatic rings. The summed E-state index contributed by atoms with van der Waals surface area (Å²) >= 11 is 6.13. The van der Waals surface area contributed by atoms with E-state index < -0.39 is 20.7 Å². The fraction of sp³-hybridized carbons (Fsp3) is 0.222. The Morgan fingerprint density at radius 1 is 1.22 bits per heavy atom. The highest BCUT2D eigenvalue weighted by Gasteiger charge is 2.30. The summed E-state index contributed by atoms with van der Waals surface area (Å²) < 4.78 is 35.7. The van der Waals surface area contributed by atoms with Gasteiger partial charge in [-0.2, -0.15) is 0 Å². The van der Waals surface area contributed by atoms with Crippen LogP contribution in [0.25, 0.3) is 5.70 Å². The van der Waals surface area contributed by atoms with Gasteiger partial charge in [0.25, 0.3) is 0 Å². The van der Waals surface area contributed by atoms with Crippen LogP contribution in [0.15, 0.2) is 58.8 Å². The minimum absolute atomic E-state index is 0. The van der Waals surface area contributed by atoms with Crippen LogP contribution in [-0.4, -0.2) is 26.9 Å². The van der Waals surface area contributed by atoms with Crippen LogP contribution >= 0.6 is 24.0 Å². The summed E-state index contributed by atoms with van der Waals surface area (Å²) in [4.78, 5) is 2.08. The van der Waals surface area contributed by atoms with Gasteiger partial charge in [-0.05, 0) is 23.3 Å². The van der Waals surface area contributed by atoms with E-state index in [1.54, 1.807) is 25.1 Å². The lowest BCUT2D eigenvalue weighted by Gasteiger charge is -2.26. The van der Waals surface area contributed by atoms with Crippen molar-refractivity contribution in [1.29, 1.82) is 4.78 Å². The third-order valence-electron chi connectivity index (χ3n) is 4.15. The second-order valence-corrected chi connectivity index (χ2v) is 9.46. The van der Waals surface area contributed by atoms with Crippen molar-refractivity contribution in [3.8, 4) is 0 Å². The Labute approximate surface area is 173 Å². The number of nitrogens with one attached hydrogen (secondary N) is 2. The topological polar surface area (TPSA) is 73.3 Å². The van der Waals surface area contributed by atoms with Crippen molar-refractivity contribution in [3.63, 3.8) is 0 Å². The quantitative estimate of drug-likeness (QED) is 0.716. The molecule has 0 amide bonds. The number of nitrogens with zero attached hydrogens (tertiary/aromatic N) is 1. The van der Waals surface area contributed by atoms with E-state index in [-0.39, 0.29) is 34.2 Å². The Hall–Kier alpha value is -1.38. The molecule has 0 saturated heterocycles. The number of halogens is 2. The molecule has 9 heteroatoms. The Balaban J connectivity index is 0.00000261. The first kappa shape index (κ1) is 21.9. The van der Waals surface area contributed by atoms with Crippen LogP contribution in [0.5, 0.6) is 0 Å². The molecule has 0 saturated carbocycles. The van der Waals surface area contributed by atoms with E-state index in [0.717, 1.165) is 16.8 Å². The Bertz CT molecular complexity index is 979. The number of rotatable bonds is 5.